The van der Waals surface area contributed by atoms with Crippen molar-refractivity contribution < 1.29 is 13.2 Å². The molecule has 0 spiro atoms. The predicted molar refractivity (Wildman–Crippen MR) is 98.8 cm³/mol. The van der Waals surface area contributed by atoms with Crippen LogP contribution in [-0.2, 0) is 10.0 Å². The molecule has 1 aromatic heterocycles. The molecule has 0 atom stereocenters. The smallest absolute Gasteiger partial charge is 0.257 e. The number of nitrogen functional groups attached to an aromatic ring is 1. The second-order valence-corrected chi connectivity index (χ2v) is 8.15. The summed E-state index contributed by atoms with van der Waals surface area (Å²) in [6.45, 7) is 1.49. The zero-order chi connectivity index (χ0) is 18.7. The third kappa shape index (κ3) is 4.00. The van der Waals surface area contributed by atoms with Crippen LogP contribution in [0.1, 0.15) is 16.8 Å². The van der Waals surface area contributed by atoms with Crippen molar-refractivity contribution in [3.8, 4) is 11.3 Å². The average molecular weight is 375 g/mol. The summed E-state index contributed by atoms with van der Waals surface area (Å²) in [5, 5.41) is 0. The molecular formula is C17H21N5O3S. The highest BCUT2D eigenvalue weighted by Crippen LogP contribution is 2.23. The zero-order valence-electron chi connectivity index (χ0n) is 14.5. The molecule has 8 nitrogen and oxygen atoms in total. The Labute approximate surface area is 152 Å². The molecule has 0 saturated carbocycles. The van der Waals surface area contributed by atoms with Crippen molar-refractivity contribution in [2.45, 2.75) is 6.42 Å². The third-order valence-electron chi connectivity index (χ3n) is 4.30. The van der Waals surface area contributed by atoms with Crippen LogP contribution in [0.15, 0.2) is 36.5 Å². The largest absolute Gasteiger partial charge is 0.368 e. The number of benzene rings is 1. The van der Waals surface area contributed by atoms with E-state index in [2.05, 4.69) is 9.97 Å². The summed E-state index contributed by atoms with van der Waals surface area (Å²) in [5.74, 6) is -0.126. The van der Waals surface area contributed by atoms with E-state index in [1.807, 2.05) is 30.3 Å². The van der Waals surface area contributed by atoms with Crippen molar-refractivity contribution in [2.24, 2.45) is 0 Å². The summed E-state index contributed by atoms with van der Waals surface area (Å²) in [6.07, 6.45) is 3.20. The lowest BCUT2D eigenvalue weighted by Gasteiger charge is -2.22. The van der Waals surface area contributed by atoms with Gasteiger partial charge >= 0.3 is 0 Å². The monoisotopic (exact) mass is 375 g/mol. The summed E-state index contributed by atoms with van der Waals surface area (Å²) in [5.41, 5.74) is 7.33. The van der Waals surface area contributed by atoms with E-state index < -0.39 is 10.0 Å². The van der Waals surface area contributed by atoms with Gasteiger partial charge in [0.25, 0.3) is 5.91 Å². The number of hydrogen-bond donors (Lipinski definition) is 1. The van der Waals surface area contributed by atoms with Gasteiger partial charge in [-0.15, -0.1) is 0 Å². The number of hydrogen-bond acceptors (Lipinski definition) is 6. The molecule has 0 aliphatic carbocycles. The van der Waals surface area contributed by atoms with Gasteiger partial charge in [0.15, 0.2) is 0 Å². The summed E-state index contributed by atoms with van der Waals surface area (Å²) >= 11 is 0. The zero-order valence-corrected chi connectivity index (χ0v) is 15.3. The highest BCUT2D eigenvalue weighted by atomic mass is 32.2. The molecule has 1 saturated heterocycles. The van der Waals surface area contributed by atoms with E-state index in [-0.39, 0.29) is 18.4 Å². The second-order valence-electron chi connectivity index (χ2n) is 6.16. The van der Waals surface area contributed by atoms with Crippen molar-refractivity contribution in [1.29, 1.82) is 0 Å². The van der Waals surface area contributed by atoms with Gasteiger partial charge in [0.1, 0.15) is 0 Å². The Balaban J connectivity index is 1.89. The molecule has 2 heterocycles. The van der Waals surface area contributed by atoms with Crippen LogP contribution in [-0.4, -0.2) is 65.9 Å². The van der Waals surface area contributed by atoms with Crippen molar-refractivity contribution >= 4 is 21.9 Å². The first-order chi connectivity index (χ1) is 12.4. The van der Waals surface area contributed by atoms with Crippen molar-refractivity contribution in [2.75, 3.05) is 38.2 Å². The van der Waals surface area contributed by atoms with Crippen LogP contribution in [0.4, 0.5) is 5.95 Å². The Bertz CT molecular complexity index is 902. The Kier molecular flexibility index (Phi) is 5.19. The minimum atomic E-state index is -3.27. The third-order valence-corrected chi connectivity index (χ3v) is 5.60. The lowest BCUT2D eigenvalue weighted by Crippen LogP contribution is -2.37. The van der Waals surface area contributed by atoms with E-state index >= 15 is 0 Å². The molecule has 1 aliphatic heterocycles. The van der Waals surface area contributed by atoms with Crippen LogP contribution < -0.4 is 5.73 Å². The van der Waals surface area contributed by atoms with E-state index in [9.17, 15) is 13.2 Å². The highest BCUT2D eigenvalue weighted by Gasteiger charge is 2.26. The predicted octanol–water partition coefficient (Wildman–Crippen LogP) is 0.833. The number of nitrogens with two attached hydrogens (primary N) is 1. The number of sulfonamides is 1. The Morgan fingerprint density at radius 2 is 1.85 bits per heavy atom. The topological polar surface area (TPSA) is 109 Å². The van der Waals surface area contributed by atoms with Gasteiger partial charge in [0, 0.05) is 37.9 Å². The van der Waals surface area contributed by atoms with Gasteiger partial charge in [-0.2, -0.15) is 0 Å². The van der Waals surface area contributed by atoms with E-state index in [0.717, 1.165) is 5.56 Å². The molecule has 3 rings (SSSR count). The Morgan fingerprint density at radius 1 is 1.12 bits per heavy atom. The molecular weight excluding hydrogens is 354 g/mol. The molecule has 2 N–H and O–H groups in total. The average Bonchev–Trinajstić information content (AvgIpc) is 2.88. The van der Waals surface area contributed by atoms with Crippen LogP contribution in [0.2, 0.25) is 0 Å². The SMILES string of the molecule is CS(=O)(=O)N1CCCN(C(=O)c2cnc(N)nc2-c2ccccc2)CC1. The molecule has 0 unspecified atom stereocenters. The number of amides is 1. The molecule has 1 amide bonds. The number of nitrogens with zero attached hydrogens (tertiary/aromatic N) is 4. The quantitative estimate of drug-likeness (QED) is 0.851. The van der Waals surface area contributed by atoms with Crippen LogP contribution in [0.3, 0.4) is 0 Å². The summed E-state index contributed by atoms with van der Waals surface area (Å²) in [4.78, 5) is 22.9. The second kappa shape index (κ2) is 7.38. The lowest BCUT2D eigenvalue weighted by molar-refractivity contribution is 0.0764. The molecule has 0 radical (unpaired) electrons. The van der Waals surface area contributed by atoms with Gasteiger partial charge in [-0.1, -0.05) is 30.3 Å². The molecule has 2 aromatic rings. The minimum Gasteiger partial charge on any atom is -0.368 e. The van der Waals surface area contributed by atoms with E-state index in [1.165, 1.54) is 16.8 Å². The molecule has 1 fully saturated rings. The van der Waals surface area contributed by atoms with Crippen molar-refractivity contribution in [3.63, 3.8) is 0 Å². The number of carbonyl (C=O) groups excluding carboxylic acids is 1. The molecule has 138 valence electrons. The maximum Gasteiger partial charge on any atom is 0.257 e. The van der Waals surface area contributed by atoms with Gasteiger partial charge in [-0.3, -0.25) is 4.79 Å². The highest BCUT2D eigenvalue weighted by molar-refractivity contribution is 7.88. The van der Waals surface area contributed by atoms with Crippen LogP contribution in [0.25, 0.3) is 11.3 Å². The molecule has 0 bridgehead atoms. The van der Waals surface area contributed by atoms with Gasteiger partial charge in [0.2, 0.25) is 16.0 Å². The summed E-state index contributed by atoms with van der Waals surface area (Å²) in [7, 11) is -3.27. The van der Waals surface area contributed by atoms with Gasteiger partial charge in [-0.25, -0.2) is 22.7 Å². The summed E-state index contributed by atoms with van der Waals surface area (Å²) in [6, 6.07) is 9.30. The van der Waals surface area contributed by atoms with Gasteiger partial charge in [-0.05, 0) is 6.42 Å². The van der Waals surface area contributed by atoms with E-state index in [0.29, 0.717) is 37.3 Å². The Hall–Kier alpha value is -2.52. The standard InChI is InChI=1S/C17H21N5O3S/c1-26(24,25)22-9-5-8-21(10-11-22)16(23)14-12-19-17(18)20-15(14)13-6-3-2-4-7-13/h2-4,6-7,12H,5,8-11H2,1H3,(H2,18,19,20). The number of carbonyl (C=O) groups is 1. The first kappa shape index (κ1) is 18.3. The molecule has 26 heavy (non-hydrogen) atoms. The molecule has 1 aromatic carbocycles. The van der Waals surface area contributed by atoms with E-state index in [4.69, 9.17) is 5.73 Å². The minimum absolute atomic E-state index is 0.0968. The van der Waals surface area contributed by atoms with Crippen LogP contribution in [0, 0.1) is 0 Å². The first-order valence-corrected chi connectivity index (χ1v) is 10.1. The fraction of sp³-hybridized carbons (Fsp3) is 0.353. The maximum absolute atomic E-state index is 13.1. The van der Waals surface area contributed by atoms with Crippen molar-refractivity contribution in [1.82, 2.24) is 19.2 Å². The van der Waals surface area contributed by atoms with Crippen LogP contribution >= 0.6 is 0 Å². The normalized spacial score (nSPS) is 16.3. The number of rotatable bonds is 3. The van der Waals surface area contributed by atoms with Gasteiger partial charge in [0.05, 0.1) is 17.5 Å². The first-order valence-electron chi connectivity index (χ1n) is 8.28. The van der Waals surface area contributed by atoms with Gasteiger partial charge < -0.3 is 10.6 Å². The number of aromatic nitrogens is 2. The van der Waals surface area contributed by atoms with Crippen molar-refractivity contribution in [3.05, 3.63) is 42.1 Å². The molecule has 9 heteroatoms. The lowest BCUT2D eigenvalue weighted by atomic mass is 10.1. The Morgan fingerprint density at radius 3 is 2.54 bits per heavy atom. The van der Waals surface area contributed by atoms with E-state index in [1.54, 1.807) is 4.90 Å². The van der Waals surface area contributed by atoms with Crippen LogP contribution in [0.5, 0.6) is 0 Å². The summed E-state index contributed by atoms with van der Waals surface area (Å²) < 4.78 is 24.9. The maximum atomic E-state index is 13.1. The molecule has 1 aliphatic rings. The number of anilines is 1. The fourth-order valence-corrected chi connectivity index (χ4v) is 3.84. The fourth-order valence-electron chi connectivity index (χ4n) is 2.97.